The second kappa shape index (κ2) is 8.21. The van der Waals surface area contributed by atoms with Gasteiger partial charge in [-0.15, -0.1) is 0 Å². The fraction of sp³-hybridized carbons (Fsp3) is 0.500. The van der Waals surface area contributed by atoms with Crippen LogP contribution >= 0.6 is 0 Å². The van der Waals surface area contributed by atoms with E-state index in [2.05, 4.69) is 4.74 Å². The summed E-state index contributed by atoms with van der Waals surface area (Å²) in [5.41, 5.74) is 0.0292. The summed E-state index contributed by atoms with van der Waals surface area (Å²) >= 11 is 0. The van der Waals surface area contributed by atoms with E-state index in [1.54, 1.807) is 0 Å². The van der Waals surface area contributed by atoms with Crippen molar-refractivity contribution in [3.05, 3.63) is 33.9 Å². The molecule has 1 saturated heterocycles. The zero-order valence-electron chi connectivity index (χ0n) is 12.3. The average molecular weight is 297 g/mol. The molecule has 1 aliphatic rings. The number of rotatable bonds is 4. The Morgan fingerprint density at radius 1 is 1.43 bits per heavy atom. The molecule has 1 atom stereocenters. The highest BCUT2D eigenvalue weighted by atomic mass is 16.6. The summed E-state index contributed by atoms with van der Waals surface area (Å²) in [7, 11) is 1.25. The van der Waals surface area contributed by atoms with Crippen LogP contribution in [0.25, 0.3) is 0 Å². The molecule has 1 heterocycles. The van der Waals surface area contributed by atoms with Crippen LogP contribution in [0.2, 0.25) is 0 Å². The standard InChI is InChI=1S/C12H13NO6.C2H6/c1-17-12(14)8-2-3-10(13(15)16)11(6-8)19-9-4-5-18-7-9;1-2/h2-3,6,9H,4-5,7H2,1H3;1-2H3. The number of carbonyl (C=O) groups excluding carboxylic acids is 1. The summed E-state index contributed by atoms with van der Waals surface area (Å²) in [5.74, 6) is -0.509. The zero-order valence-corrected chi connectivity index (χ0v) is 12.3. The molecule has 0 bridgehead atoms. The van der Waals surface area contributed by atoms with Crippen molar-refractivity contribution in [3.63, 3.8) is 0 Å². The number of hydrogen-bond acceptors (Lipinski definition) is 6. The lowest BCUT2D eigenvalue weighted by Crippen LogP contribution is -2.17. The summed E-state index contributed by atoms with van der Waals surface area (Å²) in [6.07, 6.45) is 0.436. The Morgan fingerprint density at radius 3 is 2.67 bits per heavy atom. The van der Waals surface area contributed by atoms with Crippen molar-refractivity contribution in [3.8, 4) is 5.75 Å². The topological polar surface area (TPSA) is 87.9 Å². The van der Waals surface area contributed by atoms with Gasteiger partial charge in [0, 0.05) is 18.6 Å². The molecule has 0 aromatic heterocycles. The molecule has 1 fully saturated rings. The van der Waals surface area contributed by atoms with Crippen molar-refractivity contribution < 1.29 is 23.9 Å². The molecular weight excluding hydrogens is 278 g/mol. The van der Waals surface area contributed by atoms with Gasteiger partial charge < -0.3 is 14.2 Å². The number of nitrogens with zero attached hydrogens (tertiary/aromatic N) is 1. The maximum Gasteiger partial charge on any atom is 0.337 e. The van der Waals surface area contributed by atoms with E-state index in [4.69, 9.17) is 9.47 Å². The van der Waals surface area contributed by atoms with Gasteiger partial charge in [0.1, 0.15) is 6.10 Å². The minimum atomic E-state index is -0.567. The van der Waals surface area contributed by atoms with E-state index >= 15 is 0 Å². The van der Waals surface area contributed by atoms with Gasteiger partial charge in [-0.1, -0.05) is 13.8 Å². The van der Waals surface area contributed by atoms with Gasteiger partial charge >= 0.3 is 11.7 Å². The molecule has 0 radical (unpaired) electrons. The Bertz CT molecular complexity index is 496. The molecule has 7 nitrogen and oxygen atoms in total. The van der Waals surface area contributed by atoms with Crippen molar-refractivity contribution >= 4 is 11.7 Å². The number of nitro benzene ring substituents is 1. The normalized spacial score (nSPS) is 16.6. The van der Waals surface area contributed by atoms with Crippen molar-refractivity contribution in [1.29, 1.82) is 0 Å². The van der Waals surface area contributed by atoms with Crippen molar-refractivity contribution in [2.75, 3.05) is 20.3 Å². The van der Waals surface area contributed by atoms with Gasteiger partial charge in [0.05, 0.1) is 30.8 Å². The summed E-state index contributed by atoms with van der Waals surface area (Å²) in [6.45, 7) is 4.95. The van der Waals surface area contributed by atoms with Crippen LogP contribution in [0.5, 0.6) is 5.75 Å². The first-order valence-corrected chi connectivity index (χ1v) is 6.73. The van der Waals surface area contributed by atoms with Crippen molar-refractivity contribution in [2.24, 2.45) is 0 Å². The highest BCUT2D eigenvalue weighted by molar-refractivity contribution is 5.90. The third-order valence-electron chi connectivity index (χ3n) is 2.76. The minimum absolute atomic E-state index is 0.0587. The molecule has 21 heavy (non-hydrogen) atoms. The molecule has 0 N–H and O–H groups in total. The van der Waals surface area contributed by atoms with Gasteiger partial charge in [0.15, 0.2) is 5.75 Å². The summed E-state index contributed by atoms with van der Waals surface area (Å²) in [6, 6.07) is 3.89. The van der Waals surface area contributed by atoms with E-state index in [1.165, 1.54) is 25.3 Å². The van der Waals surface area contributed by atoms with E-state index in [9.17, 15) is 14.9 Å². The Balaban J connectivity index is 0.00000106. The molecule has 1 unspecified atom stereocenters. The molecule has 116 valence electrons. The van der Waals surface area contributed by atoms with Gasteiger partial charge in [0.25, 0.3) is 0 Å². The molecule has 0 amide bonds. The summed E-state index contributed by atoms with van der Waals surface area (Å²) in [5, 5.41) is 10.9. The van der Waals surface area contributed by atoms with Gasteiger partial charge in [0.2, 0.25) is 0 Å². The van der Waals surface area contributed by atoms with Gasteiger partial charge in [-0.3, -0.25) is 10.1 Å². The third-order valence-corrected chi connectivity index (χ3v) is 2.76. The monoisotopic (exact) mass is 297 g/mol. The number of methoxy groups -OCH3 is 1. The van der Waals surface area contributed by atoms with Crippen LogP contribution < -0.4 is 4.74 Å². The number of hydrogen-bond donors (Lipinski definition) is 0. The zero-order chi connectivity index (χ0) is 15.8. The fourth-order valence-electron chi connectivity index (χ4n) is 1.79. The average Bonchev–Trinajstić information content (AvgIpc) is 3.01. The van der Waals surface area contributed by atoms with Crippen LogP contribution in [-0.4, -0.2) is 37.3 Å². The molecule has 0 spiro atoms. The van der Waals surface area contributed by atoms with Gasteiger partial charge in [-0.05, 0) is 6.07 Å². The van der Waals surface area contributed by atoms with Crippen molar-refractivity contribution in [1.82, 2.24) is 0 Å². The number of benzene rings is 1. The van der Waals surface area contributed by atoms with Crippen LogP contribution in [0.3, 0.4) is 0 Å². The van der Waals surface area contributed by atoms with E-state index in [0.29, 0.717) is 19.6 Å². The predicted molar refractivity (Wildman–Crippen MR) is 75.6 cm³/mol. The first-order chi connectivity index (χ1) is 10.1. The van der Waals surface area contributed by atoms with E-state index < -0.39 is 10.9 Å². The lowest BCUT2D eigenvalue weighted by molar-refractivity contribution is -0.386. The van der Waals surface area contributed by atoms with Crippen LogP contribution in [0.15, 0.2) is 18.2 Å². The SMILES string of the molecule is CC.COC(=O)c1ccc([N+](=O)[O-])c(OC2CCOC2)c1. The highest BCUT2D eigenvalue weighted by Gasteiger charge is 2.24. The largest absolute Gasteiger partial charge is 0.481 e. The molecule has 0 saturated carbocycles. The van der Waals surface area contributed by atoms with Gasteiger partial charge in [-0.2, -0.15) is 0 Å². The number of ether oxygens (including phenoxy) is 3. The summed E-state index contributed by atoms with van der Waals surface area (Å²) in [4.78, 5) is 21.8. The molecule has 2 rings (SSSR count). The second-order valence-corrected chi connectivity index (χ2v) is 4.03. The smallest absolute Gasteiger partial charge is 0.337 e. The highest BCUT2D eigenvalue weighted by Crippen LogP contribution is 2.30. The van der Waals surface area contributed by atoms with Crippen LogP contribution in [-0.2, 0) is 9.47 Å². The maximum atomic E-state index is 11.4. The van der Waals surface area contributed by atoms with E-state index in [0.717, 1.165) is 0 Å². The van der Waals surface area contributed by atoms with Crippen molar-refractivity contribution in [2.45, 2.75) is 26.4 Å². The Kier molecular flexibility index (Phi) is 6.61. The van der Waals surface area contributed by atoms with Gasteiger partial charge in [-0.25, -0.2) is 4.79 Å². The Hall–Kier alpha value is -2.15. The predicted octanol–water partition coefficient (Wildman–Crippen LogP) is 2.58. The first kappa shape index (κ1) is 16.9. The maximum absolute atomic E-state index is 11.4. The summed E-state index contributed by atoms with van der Waals surface area (Å²) < 4.78 is 15.2. The van der Waals surface area contributed by atoms with E-state index in [1.807, 2.05) is 13.8 Å². The minimum Gasteiger partial charge on any atom is -0.481 e. The lowest BCUT2D eigenvalue weighted by atomic mass is 10.2. The number of nitro groups is 1. The molecule has 1 aliphatic heterocycles. The fourth-order valence-corrected chi connectivity index (χ4v) is 1.79. The van der Waals surface area contributed by atoms with Crippen LogP contribution in [0.1, 0.15) is 30.6 Å². The Labute approximate surface area is 123 Å². The van der Waals surface area contributed by atoms with Crippen LogP contribution in [0.4, 0.5) is 5.69 Å². The Morgan fingerprint density at radius 2 is 2.14 bits per heavy atom. The van der Waals surface area contributed by atoms with Crippen LogP contribution in [0, 0.1) is 10.1 Å². The number of esters is 1. The van der Waals surface area contributed by atoms with E-state index in [-0.39, 0.29) is 23.1 Å². The molecule has 7 heteroatoms. The molecule has 1 aromatic rings. The molecule has 0 aliphatic carbocycles. The first-order valence-electron chi connectivity index (χ1n) is 6.73. The molecule has 1 aromatic carbocycles. The second-order valence-electron chi connectivity index (χ2n) is 4.03. The lowest BCUT2D eigenvalue weighted by Gasteiger charge is -2.12. The third kappa shape index (κ3) is 4.42. The molecular formula is C14H19NO6. The quantitative estimate of drug-likeness (QED) is 0.482. The number of carbonyl (C=O) groups is 1.